The summed E-state index contributed by atoms with van der Waals surface area (Å²) in [6.07, 6.45) is 7.54. The molecule has 2 aliphatic rings. The summed E-state index contributed by atoms with van der Waals surface area (Å²) in [6.45, 7) is 3.94. The van der Waals surface area contributed by atoms with Crippen molar-refractivity contribution in [3.05, 3.63) is 81.2 Å². The number of amides is 1. The van der Waals surface area contributed by atoms with Crippen LogP contribution in [-0.4, -0.2) is 21.4 Å². The molecule has 3 aromatic rings. The summed E-state index contributed by atoms with van der Waals surface area (Å²) < 4.78 is 2.00. The molecule has 0 spiro atoms. The molecule has 34 heavy (non-hydrogen) atoms. The summed E-state index contributed by atoms with van der Waals surface area (Å²) in [4.78, 5) is 24.2. The van der Waals surface area contributed by atoms with E-state index in [0.29, 0.717) is 11.3 Å². The molecule has 0 unspecified atom stereocenters. The number of nitrogens with zero attached hydrogens (tertiary/aromatic N) is 2. The molecule has 5 rings (SSSR count). The second-order valence-electron chi connectivity index (χ2n) is 9.16. The second-order valence-corrected chi connectivity index (χ2v) is 9.16. The molecule has 174 valence electrons. The number of anilines is 2. The smallest absolute Gasteiger partial charge is 0.294 e. The van der Waals surface area contributed by atoms with Crippen molar-refractivity contribution < 1.29 is 9.72 Å². The Balaban J connectivity index is 1.51. The van der Waals surface area contributed by atoms with Gasteiger partial charge in [0.2, 0.25) is 0 Å². The van der Waals surface area contributed by atoms with Gasteiger partial charge in [0, 0.05) is 40.3 Å². The van der Waals surface area contributed by atoms with E-state index in [1.54, 1.807) is 6.07 Å². The van der Waals surface area contributed by atoms with E-state index in [4.69, 9.17) is 0 Å². The van der Waals surface area contributed by atoms with Crippen LogP contribution in [0.5, 0.6) is 0 Å². The number of carbonyl (C=O) groups excluding carboxylic acids is 1. The molecule has 0 saturated heterocycles. The van der Waals surface area contributed by atoms with Crippen molar-refractivity contribution in [1.29, 1.82) is 0 Å². The van der Waals surface area contributed by atoms with Gasteiger partial charge in [0.1, 0.15) is 5.69 Å². The van der Waals surface area contributed by atoms with Crippen LogP contribution >= 0.6 is 0 Å². The molecule has 1 amide bonds. The average Bonchev–Trinajstić information content (AvgIpc) is 3.29. The number of nitro groups is 1. The summed E-state index contributed by atoms with van der Waals surface area (Å²) in [6, 6.07) is 15.3. The maximum Gasteiger partial charge on any atom is 0.294 e. The standard InChI is InChI=1S/C27H28N4O3/c1-17-14-19(15-23-22-10-6-7-11-24(22)29-27(23)32)18(2)30(17)21-12-13-25(26(16-21)31(33)34)28-20-8-4-3-5-9-20/h6-7,10-16,20,28H,3-5,8-9H2,1-2H3,(H,29,32)/b23-15+. The van der Waals surface area contributed by atoms with Gasteiger partial charge in [0.05, 0.1) is 10.6 Å². The number of carbonyl (C=O) groups is 1. The van der Waals surface area contributed by atoms with Crippen LogP contribution in [0.4, 0.5) is 17.1 Å². The van der Waals surface area contributed by atoms with E-state index < -0.39 is 0 Å². The summed E-state index contributed by atoms with van der Waals surface area (Å²) in [5, 5.41) is 18.2. The molecule has 1 aliphatic heterocycles. The Bertz CT molecular complexity index is 1320. The van der Waals surface area contributed by atoms with Gasteiger partial charge in [-0.15, -0.1) is 0 Å². The van der Waals surface area contributed by atoms with E-state index >= 15 is 0 Å². The fourth-order valence-electron chi connectivity index (χ4n) is 5.17. The first-order valence-electron chi connectivity index (χ1n) is 11.8. The van der Waals surface area contributed by atoms with Gasteiger partial charge in [-0.05, 0) is 62.6 Å². The van der Waals surface area contributed by atoms with E-state index in [1.165, 1.54) is 6.42 Å². The summed E-state index contributed by atoms with van der Waals surface area (Å²) >= 11 is 0. The second kappa shape index (κ2) is 8.82. The predicted molar refractivity (Wildman–Crippen MR) is 135 cm³/mol. The number of hydrogen-bond donors (Lipinski definition) is 2. The maximum atomic E-state index is 12.6. The van der Waals surface area contributed by atoms with Crippen molar-refractivity contribution >= 4 is 34.6 Å². The fraction of sp³-hybridized carbons (Fsp3) is 0.296. The third kappa shape index (κ3) is 3.98. The molecule has 1 aromatic heterocycles. The Morgan fingerprint density at radius 1 is 1.09 bits per heavy atom. The lowest BCUT2D eigenvalue weighted by Gasteiger charge is -2.24. The molecule has 7 nitrogen and oxygen atoms in total. The summed E-state index contributed by atoms with van der Waals surface area (Å²) in [5.74, 6) is -0.125. The Kier molecular flexibility index (Phi) is 5.69. The van der Waals surface area contributed by atoms with E-state index in [0.717, 1.165) is 59.6 Å². The number of hydrogen-bond acceptors (Lipinski definition) is 4. The van der Waals surface area contributed by atoms with Crippen molar-refractivity contribution in [3.8, 4) is 5.69 Å². The molecular weight excluding hydrogens is 428 g/mol. The van der Waals surface area contributed by atoms with Crippen LogP contribution in [0.1, 0.15) is 54.6 Å². The Morgan fingerprint density at radius 3 is 2.62 bits per heavy atom. The zero-order valence-electron chi connectivity index (χ0n) is 19.4. The topological polar surface area (TPSA) is 89.2 Å². The maximum absolute atomic E-state index is 12.6. The molecule has 7 heteroatoms. The van der Waals surface area contributed by atoms with E-state index in [9.17, 15) is 14.9 Å². The quantitative estimate of drug-likeness (QED) is 0.270. The van der Waals surface area contributed by atoms with Crippen LogP contribution in [0.3, 0.4) is 0 Å². The average molecular weight is 457 g/mol. The lowest BCUT2D eigenvalue weighted by molar-refractivity contribution is -0.384. The Labute approximate surface area is 198 Å². The number of benzene rings is 2. The fourth-order valence-corrected chi connectivity index (χ4v) is 5.17. The highest BCUT2D eigenvalue weighted by Crippen LogP contribution is 2.35. The molecular formula is C27H28N4O3. The summed E-state index contributed by atoms with van der Waals surface area (Å²) in [5.41, 5.74) is 6.47. The number of rotatable bonds is 5. The number of nitrogens with one attached hydrogen (secondary N) is 2. The van der Waals surface area contributed by atoms with Crippen LogP contribution < -0.4 is 10.6 Å². The normalized spacial score (nSPS) is 17.0. The van der Waals surface area contributed by atoms with Crippen LogP contribution in [0.15, 0.2) is 48.5 Å². The van der Waals surface area contributed by atoms with Gasteiger partial charge in [-0.25, -0.2) is 0 Å². The van der Waals surface area contributed by atoms with Gasteiger partial charge < -0.3 is 15.2 Å². The third-order valence-corrected chi connectivity index (χ3v) is 6.88. The van der Waals surface area contributed by atoms with E-state index in [2.05, 4.69) is 10.6 Å². The van der Waals surface area contributed by atoms with Crippen LogP contribution in [0.25, 0.3) is 17.3 Å². The monoisotopic (exact) mass is 456 g/mol. The number of aromatic nitrogens is 1. The number of para-hydroxylation sites is 1. The zero-order valence-corrected chi connectivity index (χ0v) is 19.4. The molecule has 0 radical (unpaired) electrons. The number of nitro benzene ring substituents is 1. The van der Waals surface area contributed by atoms with E-state index in [-0.39, 0.29) is 22.6 Å². The molecule has 0 atom stereocenters. The Hall–Kier alpha value is -3.87. The van der Waals surface area contributed by atoms with Gasteiger partial charge >= 0.3 is 0 Å². The molecule has 1 aliphatic carbocycles. The highest BCUT2D eigenvalue weighted by molar-refractivity contribution is 6.34. The van der Waals surface area contributed by atoms with Crippen molar-refractivity contribution in [3.63, 3.8) is 0 Å². The first-order valence-corrected chi connectivity index (χ1v) is 11.8. The number of fused-ring (bicyclic) bond motifs is 1. The minimum absolute atomic E-state index is 0.0829. The minimum atomic E-state index is -0.314. The van der Waals surface area contributed by atoms with Gasteiger partial charge in [-0.1, -0.05) is 37.5 Å². The van der Waals surface area contributed by atoms with Crippen LogP contribution in [-0.2, 0) is 4.79 Å². The van der Waals surface area contributed by atoms with Crippen LogP contribution in [0, 0.1) is 24.0 Å². The molecule has 2 N–H and O–H groups in total. The molecule has 2 heterocycles. The minimum Gasteiger partial charge on any atom is -0.377 e. The van der Waals surface area contributed by atoms with Crippen molar-refractivity contribution in [2.24, 2.45) is 0 Å². The zero-order chi connectivity index (χ0) is 23.8. The number of aryl methyl sites for hydroxylation is 1. The first-order chi connectivity index (χ1) is 16.4. The lowest BCUT2D eigenvalue weighted by Crippen LogP contribution is -2.22. The molecule has 2 aromatic carbocycles. The van der Waals surface area contributed by atoms with Crippen molar-refractivity contribution in [2.45, 2.75) is 52.0 Å². The largest absolute Gasteiger partial charge is 0.377 e. The molecule has 1 fully saturated rings. The molecule has 1 saturated carbocycles. The van der Waals surface area contributed by atoms with E-state index in [1.807, 2.05) is 67.0 Å². The lowest BCUT2D eigenvalue weighted by atomic mass is 9.95. The van der Waals surface area contributed by atoms with Gasteiger partial charge in [-0.3, -0.25) is 14.9 Å². The third-order valence-electron chi connectivity index (χ3n) is 6.88. The van der Waals surface area contributed by atoms with Gasteiger partial charge in [0.15, 0.2) is 0 Å². The highest BCUT2D eigenvalue weighted by atomic mass is 16.6. The first kappa shape index (κ1) is 21.9. The predicted octanol–water partition coefficient (Wildman–Crippen LogP) is 6.24. The Morgan fingerprint density at radius 2 is 1.85 bits per heavy atom. The van der Waals surface area contributed by atoms with Crippen molar-refractivity contribution in [1.82, 2.24) is 4.57 Å². The van der Waals surface area contributed by atoms with Crippen molar-refractivity contribution in [2.75, 3.05) is 10.6 Å². The molecule has 0 bridgehead atoms. The van der Waals surface area contributed by atoms with Gasteiger partial charge in [0.25, 0.3) is 11.6 Å². The summed E-state index contributed by atoms with van der Waals surface area (Å²) in [7, 11) is 0. The van der Waals surface area contributed by atoms with Gasteiger partial charge in [-0.2, -0.15) is 0 Å². The van der Waals surface area contributed by atoms with Crippen LogP contribution in [0.2, 0.25) is 0 Å². The highest BCUT2D eigenvalue weighted by Gasteiger charge is 2.25. The SMILES string of the molecule is Cc1cc(/C=C2/C(=O)Nc3ccccc32)c(C)n1-c1ccc(NC2CCCCC2)c([N+](=O)[O-])c1.